The van der Waals surface area contributed by atoms with E-state index in [0.29, 0.717) is 15.6 Å². The van der Waals surface area contributed by atoms with E-state index < -0.39 is 5.97 Å². The van der Waals surface area contributed by atoms with Crippen molar-refractivity contribution >= 4 is 54.9 Å². The SMILES string of the molecule is Cc1cc(NC(=O)C2CC2)sc1C(=O)Oc1ccc2cc(Br)ccc2c1. The molecule has 0 aliphatic heterocycles. The summed E-state index contributed by atoms with van der Waals surface area (Å²) < 4.78 is 6.55. The van der Waals surface area contributed by atoms with Crippen LogP contribution < -0.4 is 10.1 Å². The highest BCUT2D eigenvalue weighted by atomic mass is 79.9. The van der Waals surface area contributed by atoms with Gasteiger partial charge < -0.3 is 10.1 Å². The minimum atomic E-state index is -0.407. The molecule has 1 aromatic heterocycles. The second kappa shape index (κ2) is 6.85. The number of hydrogen-bond donors (Lipinski definition) is 1. The van der Waals surface area contributed by atoms with Gasteiger partial charge in [0.2, 0.25) is 5.91 Å². The first kappa shape index (κ1) is 17.2. The Kier molecular flexibility index (Phi) is 4.54. The second-order valence-electron chi connectivity index (χ2n) is 6.43. The van der Waals surface area contributed by atoms with Crippen molar-refractivity contribution in [3.63, 3.8) is 0 Å². The zero-order valence-electron chi connectivity index (χ0n) is 14.0. The summed E-state index contributed by atoms with van der Waals surface area (Å²) in [4.78, 5) is 24.9. The Morgan fingerprint density at radius 1 is 1.12 bits per heavy atom. The minimum Gasteiger partial charge on any atom is -0.422 e. The first-order valence-electron chi connectivity index (χ1n) is 8.32. The highest BCUT2D eigenvalue weighted by Gasteiger charge is 2.30. The molecule has 1 fully saturated rings. The van der Waals surface area contributed by atoms with Crippen molar-refractivity contribution in [2.45, 2.75) is 19.8 Å². The first-order valence-corrected chi connectivity index (χ1v) is 9.93. The number of rotatable bonds is 4. The number of benzene rings is 2. The average molecular weight is 430 g/mol. The van der Waals surface area contributed by atoms with Gasteiger partial charge in [-0.05, 0) is 66.4 Å². The number of fused-ring (bicyclic) bond motifs is 1. The van der Waals surface area contributed by atoms with Gasteiger partial charge in [-0.15, -0.1) is 11.3 Å². The molecule has 4 nitrogen and oxygen atoms in total. The molecule has 1 amide bonds. The van der Waals surface area contributed by atoms with Gasteiger partial charge in [-0.25, -0.2) is 4.79 Å². The highest BCUT2D eigenvalue weighted by Crippen LogP contribution is 2.33. The third-order valence-corrected chi connectivity index (χ3v) is 5.91. The maximum atomic E-state index is 12.5. The molecule has 0 bridgehead atoms. The lowest BCUT2D eigenvalue weighted by Gasteiger charge is -2.05. The van der Waals surface area contributed by atoms with Crippen molar-refractivity contribution in [2.24, 2.45) is 5.92 Å². The number of carbonyl (C=O) groups excluding carboxylic acids is 2. The number of esters is 1. The minimum absolute atomic E-state index is 0.0341. The summed E-state index contributed by atoms with van der Waals surface area (Å²) in [5, 5.41) is 5.64. The van der Waals surface area contributed by atoms with Crippen LogP contribution in [0.2, 0.25) is 0 Å². The molecule has 0 atom stereocenters. The molecule has 2 aromatic carbocycles. The summed E-state index contributed by atoms with van der Waals surface area (Å²) >= 11 is 4.70. The number of aryl methyl sites for hydroxylation is 1. The van der Waals surface area contributed by atoms with Crippen molar-refractivity contribution in [3.05, 3.63) is 57.4 Å². The van der Waals surface area contributed by atoms with E-state index in [0.717, 1.165) is 33.7 Å². The summed E-state index contributed by atoms with van der Waals surface area (Å²) in [6, 6.07) is 13.3. The van der Waals surface area contributed by atoms with E-state index in [1.807, 2.05) is 43.3 Å². The number of ether oxygens (including phenoxy) is 1. The molecule has 0 unspecified atom stereocenters. The maximum Gasteiger partial charge on any atom is 0.354 e. The van der Waals surface area contributed by atoms with Crippen LogP contribution in [-0.2, 0) is 4.79 Å². The summed E-state index contributed by atoms with van der Waals surface area (Å²) in [7, 11) is 0. The molecule has 0 spiro atoms. The number of halogens is 1. The first-order chi connectivity index (χ1) is 12.5. The van der Waals surface area contributed by atoms with Gasteiger partial charge in [-0.3, -0.25) is 4.79 Å². The second-order valence-corrected chi connectivity index (χ2v) is 8.40. The lowest BCUT2D eigenvalue weighted by atomic mass is 10.1. The fourth-order valence-electron chi connectivity index (χ4n) is 2.73. The lowest BCUT2D eigenvalue weighted by Crippen LogP contribution is -2.12. The van der Waals surface area contributed by atoms with Crippen LogP contribution in [0.1, 0.15) is 28.1 Å². The Labute approximate surface area is 163 Å². The van der Waals surface area contributed by atoms with Crippen molar-refractivity contribution in [1.29, 1.82) is 0 Å². The van der Waals surface area contributed by atoms with Gasteiger partial charge in [0.15, 0.2) is 0 Å². The van der Waals surface area contributed by atoms with Gasteiger partial charge in [0.1, 0.15) is 10.6 Å². The third-order valence-electron chi connectivity index (χ3n) is 4.28. The summed E-state index contributed by atoms with van der Waals surface area (Å²) in [6.45, 7) is 1.85. The standard InChI is InChI=1S/C20H16BrNO3S/c1-11-8-17(22-19(23)12-2-3-12)26-18(11)20(24)25-16-7-5-13-9-15(21)6-4-14(13)10-16/h4-10,12H,2-3H2,1H3,(H,22,23). The molecule has 0 saturated heterocycles. The summed E-state index contributed by atoms with van der Waals surface area (Å²) in [5.41, 5.74) is 0.802. The van der Waals surface area contributed by atoms with Gasteiger partial charge >= 0.3 is 5.97 Å². The van der Waals surface area contributed by atoms with Gasteiger partial charge in [-0.1, -0.05) is 28.1 Å². The molecule has 6 heteroatoms. The van der Waals surface area contributed by atoms with Gasteiger partial charge in [-0.2, -0.15) is 0 Å². The van der Waals surface area contributed by atoms with Crippen molar-refractivity contribution in [2.75, 3.05) is 5.32 Å². The lowest BCUT2D eigenvalue weighted by molar-refractivity contribution is -0.117. The Hall–Kier alpha value is -2.18. The Morgan fingerprint density at radius 3 is 2.62 bits per heavy atom. The number of amides is 1. The third kappa shape index (κ3) is 3.66. The van der Waals surface area contributed by atoms with E-state index in [4.69, 9.17) is 4.74 Å². The number of anilines is 1. The monoisotopic (exact) mass is 429 g/mol. The van der Waals surface area contributed by atoms with Crippen LogP contribution >= 0.6 is 27.3 Å². The Morgan fingerprint density at radius 2 is 1.85 bits per heavy atom. The molecule has 132 valence electrons. The van der Waals surface area contributed by atoms with Gasteiger partial charge in [0.05, 0.1) is 5.00 Å². The van der Waals surface area contributed by atoms with E-state index in [1.165, 1.54) is 11.3 Å². The zero-order chi connectivity index (χ0) is 18.3. The molecule has 1 heterocycles. The smallest absolute Gasteiger partial charge is 0.354 e. The maximum absolute atomic E-state index is 12.5. The quantitative estimate of drug-likeness (QED) is 0.437. The molecule has 4 rings (SSSR count). The normalized spacial score (nSPS) is 13.6. The Balaban J connectivity index is 1.51. The van der Waals surface area contributed by atoms with Crippen molar-refractivity contribution in [1.82, 2.24) is 0 Å². The van der Waals surface area contributed by atoms with E-state index in [9.17, 15) is 9.59 Å². The van der Waals surface area contributed by atoms with E-state index in [-0.39, 0.29) is 11.8 Å². The van der Waals surface area contributed by atoms with Crippen LogP contribution in [0.5, 0.6) is 5.75 Å². The summed E-state index contributed by atoms with van der Waals surface area (Å²) in [5.74, 6) is 0.259. The number of nitrogens with one attached hydrogen (secondary N) is 1. The van der Waals surface area contributed by atoms with Crippen LogP contribution in [0.25, 0.3) is 10.8 Å². The van der Waals surface area contributed by atoms with Crippen LogP contribution in [0, 0.1) is 12.8 Å². The van der Waals surface area contributed by atoms with Crippen LogP contribution in [0.3, 0.4) is 0 Å². The van der Waals surface area contributed by atoms with E-state index in [1.54, 1.807) is 6.07 Å². The van der Waals surface area contributed by atoms with Crippen LogP contribution in [0.15, 0.2) is 46.9 Å². The van der Waals surface area contributed by atoms with Gasteiger partial charge in [0.25, 0.3) is 0 Å². The average Bonchev–Trinajstić information content (AvgIpc) is 3.39. The highest BCUT2D eigenvalue weighted by molar-refractivity contribution is 9.10. The molecule has 26 heavy (non-hydrogen) atoms. The van der Waals surface area contributed by atoms with Crippen LogP contribution in [-0.4, -0.2) is 11.9 Å². The molecular formula is C20H16BrNO3S. The van der Waals surface area contributed by atoms with Crippen molar-refractivity contribution < 1.29 is 14.3 Å². The van der Waals surface area contributed by atoms with Crippen LogP contribution in [0.4, 0.5) is 5.00 Å². The topological polar surface area (TPSA) is 55.4 Å². The number of carbonyl (C=O) groups is 2. The fraction of sp³-hybridized carbons (Fsp3) is 0.200. The zero-order valence-corrected chi connectivity index (χ0v) is 16.4. The molecule has 0 radical (unpaired) electrons. The largest absolute Gasteiger partial charge is 0.422 e. The molecule has 1 aliphatic carbocycles. The molecule has 1 aliphatic rings. The number of thiophene rings is 1. The fourth-order valence-corrected chi connectivity index (χ4v) is 4.06. The predicted molar refractivity (Wildman–Crippen MR) is 107 cm³/mol. The Bertz CT molecular complexity index is 1020. The number of hydrogen-bond acceptors (Lipinski definition) is 4. The molecule has 1 saturated carbocycles. The predicted octanol–water partition coefficient (Wildman–Crippen LogP) is 5.54. The van der Waals surface area contributed by atoms with Crippen molar-refractivity contribution in [3.8, 4) is 5.75 Å². The molecule has 1 N–H and O–H groups in total. The van der Waals surface area contributed by atoms with E-state index in [2.05, 4.69) is 21.2 Å². The van der Waals surface area contributed by atoms with E-state index >= 15 is 0 Å². The molecular weight excluding hydrogens is 414 g/mol. The summed E-state index contributed by atoms with van der Waals surface area (Å²) in [6.07, 6.45) is 1.90. The molecule has 3 aromatic rings. The van der Waals surface area contributed by atoms with Gasteiger partial charge in [0, 0.05) is 10.4 Å².